The highest BCUT2D eigenvalue weighted by molar-refractivity contribution is 14.0. The lowest BCUT2D eigenvalue weighted by atomic mass is 9.89. The van der Waals surface area contributed by atoms with Crippen molar-refractivity contribution in [3.05, 3.63) is 0 Å². The molecule has 6 nitrogen and oxygen atoms in total. The molecule has 0 aromatic heterocycles. The van der Waals surface area contributed by atoms with Gasteiger partial charge in [0.2, 0.25) is 0 Å². The fourth-order valence-electron chi connectivity index (χ4n) is 3.29. The van der Waals surface area contributed by atoms with Gasteiger partial charge in [0.25, 0.3) is 0 Å². The molecule has 3 aliphatic heterocycles. The largest absolute Gasteiger partial charge is 0.379 e. The zero-order chi connectivity index (χ0) is 16.2. The van der Waals surface area contributed by atoms with E-state index in [1.807, 2.05) is 7.05 Å². The molecule has 2 unspecified atom stereocenters. The fourth-order valence-corrected chi connectivity index (χ4v) is 3.29. The first-order chi connectivity index (χ1) is 10.4. The number of nitrogens with one attached hydrogen (secondary N) is 2. The van der Waals surface area contributed by atoms with Gasteiger partial charge in [-0.05, 0) is 5.41 Å². The summed E-state index contributed by atoms with van der Waals surface area (Å²) in [7, 11) is 3.60. The van der Waals surface area contributed by atoms with Crippen molar-refractivity contribution in [1.82, 2.24) is 20.4 Å². The molecule has 2 bridgehead atoms. The molecule has 2 N–H and O–H groups in total. The van der Waals surface area contributed by atoms with E-state index in [2.05, 4.69) is 46.2 Å². The first-order valence-electron chi connectivity index (χ1n) is 8.37. The Bertz CT molecular complexity index is 377. The lowest BCUT2D eigenvalue weighted by Crippen LogP contribution is -2.64. The molecule has 0 radical (unpaired) electrons. The van der Waals surface area contributed by atoms with Crippen LogP contribution in [0.4, 0.5) is 0 Å². The molecule has 0 amide bonds. The van der Waals surface area contributed by atoms with Crippen molar-refractivity contribution in [2.24, 2.45) is 10.4 Å². The molecule has 7 heteroatoms. The summed E-state index contributed by atoms with van der Waals surface area (Å²) in [6.45, 7) is 14.3. The summed E-state index contributed by atoms with van der Waals surface area (Å²) in [4.78, 5) is 9.48. The molecule has 3 fully saturated rings. The van der Waals surface area contributed by atoms with Gasteiger partial charge in [-0.1, -0.05) is 20.8 Å². The summed E-state index contributed by atoms with van der Waals surface area (Å²) in [6.07, 6.45) is 0.159. The van der Waals surface area contributed by atoms with Crippen LogP contribution in [-0.4, -0.2) is 87.9 Å². The Balaban J connectivity index is 0.00000264. The number of hydrogen-bond acceptors (Lipinski definition) is 4. The highest BCUT2D eigenvalue weighted by Crippen LogP contribution is 2.21. The van der Waals surface area contributed by atoms with E-state index in [0.717, 1.165) is 19.0 Å². The zero-order valence-electron chi connectivity index (χ0n) is 15.3. The second-order valence-corrected chi connectivity index (χ2v) is 7.41. The molecule has 136 valence electrons. The van der Waals surface area contributed by atoms with Crippen molar-refractivity contribution in [3.8, 4) is 0 Å². The van der Waals surface area contributed by atoms with Crippen molar-refractivity contribution in [3.63, 3.8) is 0 Å². The van der Waals surface area contributed by atoms with E-state index in [1.54, 1.807) is 7.11 Å². The zero-order valence-corrected chi connectivity index (χ0v) is 17.6. The molecular weight excluding hydrogens is 405 g/mol. The van der Waals surface area contributed by atoms with E-state index < -0.39 is 0 Å². The van der Waals surface area contributed by atoms with Crippen LogP contribution in [-0.2, 0) is 4.74 Å². The number of guanidine groups is 1. The third kappa shape index (κ3) is 6.03. The standard InChI is InChI=1S/C16H33N5O.HI/c1-16(2,3)14(22-5)11-19-15(17-4)18-10-13-12-20-6-8-21(13)9-7-20;/h13-14H,6-12H2,1-5H3,(H2,17,18,19);1H. The Morgan fingerprint density at radius 1 is 1.22 bits per heavy atom. The van der Waals surface area contributed by atoms with Gasteiger partial charge in [-0.25, -0.2) is 0 Å². The van der Waals surface area contributed by atoms with Gasteiger partial charge in [0.1, 0.15) is 0 Å². The Labute approximate surface area is 158 Å². The van der Waals surface area contributed by atoms with Gasteiger partial charge in [0.15, 0.2) is 5.96 Å². The number of methoxy groups -OCH3 is 1. The molecule has 2 atom stereocenters. The van der Waals surface area contributed by atoms with Crippen LogP contribution in [0.15, 0.2) is 4.99 Å². The van der Waals surface area contributed by atoms with E-state index in [4.69, 9.17) is 4.74 Å². The first-order valence-corrected chi connectivity index (χ1v) is 8.37. The van der Waals surface area contributed by atoms with Gasteiger partial charge in [-0.2, -0.15) is 0 Å². The van der Waals surface area contributed by atoms with Gasteiger partial charge in [-0.3, -0.25) is 14.8 Å². The normalized spacial score (nSPS) is 28.9. The van der Waals surface area contributed by atoms with E-state index in [0.29, 0.717) is 6.04 Å². The summed E-state index contributed by atoms with van der Waals surface area (Å²) in [6, 6.07) is 0.599. The van der Waals surface area contributed by atoms with E-state index in [9.17, 15) is 0 Å². The lowest BCUT2D eigenvalue weighted by molar-refractivity contribution is 0.0148. The second kappa shape index (κ2) is 9.39. The highest BCUT2D eigenvalue weighted by Gasteiger charge is 2.31. The predicted molar refractivity (Wildman–Crippen MR) is 107 cm³/mol. The van der Waals surface area contributed by atoms with Gasteiger partial charge in [-0.15, -0.1) is 24.0 Å². The minimum atomic E-state index is 0. The monoisotopic (exact) mass is 439 g/mol. The molecule has 3 saturated heterocycles. The average Bonchev–Trinajstić information content (AvgIpc) is 2.50. The number of nitrogens with zero attached hydrogens (tertiary/aromatic N) is 3. The molecule has 3 rings (SSSR count). The first kappa shape index (κ1) is 20.9. The number of fused-ring (bicyclic) bond motifs is 3. The van der Waals surface area contributed by atoms with E-state index in [1.165, 1.54) is 32.7 Å². The van der Waals surface area contributed by atoms with Crippen LogP contribution >= 0.6 is 24.0 Å². The van der Waals surface area contributed by atoms with Crippen LogP contribution in [0.1, 0.15) is 20.8 Å². The van der Waals surface area contributed by atoms with Gasteiger partial charge in [0, 0.05) is 66.0 Å². The van der Waals surface area contributed by atoms with Gasteiger partial charge in [0.05, 0.1) is 6.10 Å². The van der Waals surface area contributed by atoms with Crippen LogP contribution in [0.25, 0.3) is 0 Å². The number of rotatable bonds is 5. The SMILES string of the molecule is CN=C(NCC1CN2CCN1CC2)NCC(OC)C(C)(C)C.I. The Kier molecular flexibility index (Phi) is 8.54. The maximum Gasteiger partial charge on any atom is 0.191 e. The third-order valence-corrected chi connectivity index (χ3v) is 4.83. The summed E-state index contributed by atoms with van der Waals surface area (Å²) >= 11 is 0. The number of aliphatic imine (C=N–C) groups is 1. The Morgan fingerprint density at radius 3 is 2.30 bits per heavy atom. The van der Waals surface area contributed by atoms with Crippen molar-refractivity contribution in [2.45, 2.75) is 32.9 Å². The molecule has 0 spiro atoms. The Morgan fingerprint density at radius 2 is 1.87 bits per heavy atom. The molecule has 0 aromatic carbocycles. The maximum absolute atomic E-state index is 5.58. The van der Waals surface area contributed by atoms with Crippen LogP contribution in [0.5, 0.6) is 0 Å². The second-order valence-electron chi connectivity index (χ2n) is 7.41. The van der Waals surface area contributed by atoms with Crippen molar-refractivity contribution < 1.29 is 4.74 Å². The molecule has 23 heavy (non-hydrogen) atoms. The molecule has 0 aliphatic carbocycles. The van der Waals surface area contributed by atoms with Crippen LogP contribution < -0.4 is 10.6 Å². The van der Waals surface area contributed by atoms with Crippen LogP contribution in [0.2, 0.25) is 0 Å². The quantitative estimate of drug-likeness (QED) is 0.378. The van der Waals surface area contributed by atoms with Crippen molar-refractivity contribution >= 4 is 29.9 Å². The molecular formula is C16H34IN5O. The highest BCUT2D eigenvalue weighted by atomic mass is 127. The number of ether oxygens (including phenoxy) is 1. The average molecular weight is 439 g/mol. The molecule has 3 aliphatic rings. The van der Waals surface area contributed by atoms with Gasteiger partial charge >= 0.3 is 0 Å². The number of hydrogen-bond donors (Lipinski definition) is 2. The molecule has 0 aromatic rings. The van der Waals surface area contributed by atoms with E-state index >= 15 is 0 Å². The number of piperazine rings is 3. The topological polar surface area (TPSA) is 52.1 Å². The third-order valence-electron chi connectivity index (χ3n) is 4.83. The van der Waals surface area contributed by atoms with Gasteiger partial charge < -0.3 is 15.4 Å². The summed E-state index contributed by atoms with van der Waals surface area (Å²) in [5, 5.41) is 6.86. The van der Waals surface area contributed by atoms with Crippen LogP contribution in [0.3, 0.4) is 0 Å². The van der Waals surface area contributed by atoms with Crippen molar-refractivity contribution in [1.29, 1.82) is 0 Å². The fraction of sp³-hybridized carbons (Fsp3) is 0.938. The predicted octanol–water partition coefficient (Wildman–Crippen LogP) is 0.830. The maximum atomic E-state index is 5.58. The smallest absolute Gasteiger partial charge is 0.191 e. The Hall–Kier alpha value is -0.120. The minimum absolute atomic E-state index is 0. The lowest BCUT2D eigenvalue weighted by Gasteiger charge is -2.47. The van der Waals surface area contributed by atoms with Crippen LogP contribution in [0, 0.1) is 5.41 Å². The summed E-state index contributed by atoms with van der Waals surface area (Å²) in [5.41, 5.74) is 0.113. The minimum Gasteiger partial charge on any atom is -0.379 e. The molecule has 0 saturated carbocycles. The van der Waals surface area contributed by atoms with Crippen molar-refractivity contribution in [2.75, 3.05) is 60.0 Å². The van der Waals surface area contributed by atoms with E-state index in [-0.39, 0.29) is 35.5 Å². The number of halogens is 1. The molecule has 3 heterocycles. The summed E-state index contributed by atoms with van der Waals surface area (Å²) < 4.78 is 5.58. The summed E-state index contributed by atoms with van der Waals surface area (Å²) in [5.74, 6) is 0.865.